The highest BCUT2D eigenvalue weighted by Crippen LogP contribution is 2.52. The van der Waals surface area contributed by atoms with Crippen LogP contribution in [0.5, 0.6) is 0 Å². The van der Waals surface area contributed by atoms with Crippen molar-refractivity contribution in [1.29, 1.82) is 0 Å². The Hall–Kier alpha value is -0.0400. The van der Waals surface area contributed by atoms with E-state index in [4.69, 9.17) is 5.73 Å². The maximum atomic E-state index is 6.57. The Morgan fingerprint density at radius 1 is 1.07 bits per heavy atom. The van der Waals surface area contributed by atoms with Crippen LogP contribution in [0.25, 0.3) is 0 Å². The van der Waals surface area contributed by atoms with Gasteiger partial charge in [-0.05, 0) is 37.5 Å². The van der Waals surface area contributed by atoms with Crippen LogP contribution in [0, 0.1) is 11.8 Å². The lowest BCUT2D eigenvalue weighted by molar-refractivity contribution is 0.291. The molecule has 0 radical (unpaired) electrons. The quantitative estimate of drug-likeness (QED) is 0.750. The van der Waals surface area contributed by atoms with Gasteiger partial charge in [-0.1, -0.05) is 45.4 Å². The Balaban J connectivity index is 1.85. The summed E-state index contributed by atoms with van der Waals surface area (Å²) in [5.74, 6) is 1.72. The van der Waals surface area contributed by atoms with E-state index in [0.717, 1.165) is 11.8 Å². The van der Waals surface area contributed by atoms with Crippen molar-refractivity contribution in [2.24, 2.45) is 17.6 Å². The summed E-state index contributed by atoms with van der Waals surface area (Å²) in [7, 11) is 0. The molecule has 15 heavy (non-hydrogen) atoms. The first-order valence-corrected chi connectivity index (χ1v) is 7.06. The Bertz CT molecular complexity index is 194. The molecule has 2 saturated carbocycles. The van der Waals surface area contributed by atoms with Crippen molar-refractivity contribution in [3.63, 3.8) is 0 Å². The van der Waals surface area contributed by atoms with Gasteiger partial charge in [-0.15, -0.1) is 0 Å². The topological polar surface area (TPSA) is 26.0 Å². The molecule has 2 N–H and O–H groups in total. The number of nitrogens with two attached hydrogens (primary N) is 1. The molecule has 0 spiro atoms. The molecule has 2 aliphatic carbocycles. The normalized spacial score (nSPS) is 38.4. The number of hydrogen-bond donors (Lipinski definition) is 1. The van der Waals surface area contributed by atoms with Crippen LogP contribution in [-0.2, 0) is 0 Å². The van der Waals surface area contributed by atoms with Gasteiger partial charge in [0.1, 0.15) is 0 Å². The van der Waals surface area contributed by atoms with Gasteiger partial charge in [-0.2, -0.15) is 0 Å². The van der Waals surface area contributed by atoms with Gasteiger partial charge in [-0.3, -0.25) is 0 Å². The summed E-state index contributed by atoms with van der Waals surface area (Å²) < 4.78 is 0. The van der Waals surface area contributed by atoms with Crippen LogP contribution in [0.4, 0.5) is 0 Å². The Morgan fingerprint density at radius 3 is 2.27 bits per heavy atom. The number of rotatable bonds is 3. The third-order valence-electron chi connectivity index (χ3n) is 4.70. The van der Waals surface area contributed by atoms with Crippen LogP contribution in [0.3, 0.4) is 0 Å². The van der Waals surface area contributed by atoms with Crippen LogP contribution >= 0.6 is 0 Å². The molecule has 0 bridgehead atoms. The van der Waals surface area contributed by atoms with Crippen molar-refractivity contribution in [1.82, 2.24) is 0 Å². The summed E-state index contributed by atoms with van der Waals surface area (Å²) in [6, 6.07) is 0. The van der Waals surface area contributed by atoms with Crippen LogP contribution in [0.1, 0.15) is 71.1 Å². The molecule has 0 aromatic rings. The van der Waals surface area contributed by atoms with Gasteiger partial charge in [0.15, 0.2) is 0 Å². The van der Waals surface area contributed by atoms with Gasteiger partial charge >= 0.3 is 0 Å². The average molecular weight is 209 g/mol. The molecule has 0 heterocycles. The van der Waals surface area contributed by atoms with Gasteiger partial charge in [0.05, 0.1) is 0 Å². The van der Waals surface area contributed by atoms with Crippen molar-refractivity contribution in [3.05, 3.63) is 0 Å². The Morgan fingerprint density at radius 2 is 1.67 bits per heavy atom. The first-order valence-electron chi connectivity index (χ1n) is 7.06. The summed E-state index contributed by atoms with van der Waals surface area (Å²) in [6.45, 7) is 2.29. The zero-order valence-electron chi connectivity index (χ0n) is 10.3. The first kappa shape index (κ1) is 11.4. The lowest BCUT2D eigenvalue weighted by Crippen LogP contribution is -2.35. The molecule has 1 nitrogen and oxygen atoms in total. The molecule has 0 aromatic carbocycles. The minimum atomic E-state index is 0.271. The zero-order chi connectivity index (χ0) is 10.7. The molecule has 2 atom stereocenters. The lowest BCUT2D eigenvalue weighted by atomic mass is 9.83. The van der Waals surface area contributed by atoms with Crippen molar-refractivity contribution in [3.8, 4) is 0 Å². The molecule has 2 aliphatic rings. The van der Waals surface area contributed by atoms with E-state index in [9.17, 15) is 0 Å². The van der Waals surface area contributed by atoms with Gasteiger partial charge in [0, 0.05) is 5.54 Å². The molecule has 2 rings (SSSR count). The van der Waals surface area contributed by atoms with Crippen molar-refractivity contribution in [2.75, 3.05) is 0 Å². The molecular formula is C14H27N. The van der Waals surface area contributed by atoms with Gasteiger partial charge in [-0.25, -0.2) is 0 Å². The minimum Gasteiger partial charge on any atom is -0.325 e. The zero-order valence-corrected chi connectivity index (χ0v) is 10.3. The fourth-order valence-electron chi connectivity index (χ4n) is 3.58. The van der Waals surface area contributed by atoms with Crippen molar-refractivity contribution in [2.45, 2.75) is 76.7 Å². The van der Waals surface area contributed by atoms with Gasteiger partial charge in [0.2, 0.25) is 0 Å². The van der Waals surface area contributed by atoms with Gasteiger partial charge < -0.3 is 5.73 Å². The third-order valence-corrected chi connectivity index (χ3v) is 4.70. The molecule has 0 amide bonds. The molecule has 88 valence electrons. The molecule has 0 saturated heterocycles. The monoisotopic (exact) mass is 209 g/mol. The van der Waals surface area contributed by atoms with E-state index in [2.05, 4.69) is 6.92 Å². The second kappa shape index (κ2) is 4.86. The molecular weight excluding hydrogens is 182 g/mol. The molecule has 2 unspecified atom stereocenters. The van der Waals surface area contributed by atoms with E-state index in [1.807, 2.05) is 0 Å². The fourth-order valence-corrected chi connectivity index (χ4v) is 3.58. The standard InChI is InChI=1S/C14H27N/c1-2-8-13-11-14(13,15)12-9-6-4-3-5-7-10-12/h12-13H,2-11,15H2,1H3. The molecule has 0 aliphatic heterocycles. The summed E-state index contributed by atoms with van der Waals surface area (Å²) in [5, 5.41) is 0. The highest BCUT2D eigenvalue weighted by molar-refractivity contribution is 5.11. The van der Waals surface area contributed by atoms with E-state index in [1.54, 1.807) is 0 Å². The highest BCUT2D eigenvalue weighted by atomic mass is 14.9. The van der Waals surface area contributed by atoms with Crippen LogP contribution in [0.15, 0.2) is 0 Å². The predicted molar refractivity (Wildman–Crippen MR) is 65.7 cm³/mol. The average Bonchev–Trinajstić information content (AvgIpc) is 2.77. The maximum Gasteiger partial charge on any atom is 0.0215 e. The second-order valence-electron chi connectivity index (χ2n) is 5.84. The lowest BCUT2D eigenvalue weighted by Gasteiger charge is -2.27. The summed E-state index contributed by atoms with van der Waals surface area (Å²) in [6.07, 6.45) is 14.1. The summed E-state index contributed by atoms with van der Waals surface area (Å²) in [5.41, 5.74) is 6.84. The number of hydrogen-bond acceptors (Lipinski definition) is 1. The van der Waals surface area contributed by atoms with Gasteiger partial charge in [0.25, 0.3) is 0 Å². The third kappa shape index (κ3) is 2.55. The first-order chi connectivity index (χ1) is 7.27. The summed E-state index contributed by atoms with van der Waals surface area (Å²) >= 11 is 0. The Labute approximate surface area is 94.8 Å². The predicted octanol–water partition coefficient (Wildman–Crippen LogP) is 3.86. The van der Waals surface area contributed by atoms with Crippen LogP contribution in [-0.4, -0.2) is 5.54 Å². The largest absolute Gasteiger partial charge is 0.325 e. The van der Waals surface area contributed by atoms with E-state index in [1.165, 1.54) is 64.2 Å². The van der Waals surface area contributed by atoms with E-state index >= 15 is 0 Å². The minimum absolute atomic E-state index is 0.271. The van der Waals surface area contributed by atoms with Crippen LogP contribution in [0.2, 0.25) is 0 Å². The summed E-state index contributed by atoms with van der Waals surface area (Å²) in [4.78, 5) is 0. The molecule has 2 fully saturated rings. The fraction of sp³-hybridized carbons (Fsp3) is 1.00. The van der Waals surface area contributed by atoms with E-state index < -0.39 is 0 Å². The highest BCUT2D eigenvalue weighted by Gasteiger charge is 2.54. The Kier molecular flexibility index (Phi) is 3.71. The molecule has 1 heteroatoms. The SMILES string of the molecule is CCCC1CC1(N)C1CCCCCCC1. The van der Waals surface area contributed by atoms with E-state index in [0.29, 0.717) is 0 Å². The maximum absolute atomic E-state index is 6.57. The second-order valence-corrected chi connectivity index (χ2v) is 5.84. The van der Waals surface area contributed by atoms with E-state index in [-0.39, 0.29) is 5.54 Å². The van der Waals surface area contributed by atoms with Crippen molar-refractivity contribution < 1.29 is 0 Å². The molecule has 0 aromatic heterocycles. The van der Waals surface area contributed by atoms with Crippen LogP contribution < -0.4 is 5.73 Å². The smallest absolute Gasteiger partial charge is 0.0215 e. The van der Waals surface area contributed by atoms with Crippen molar-refractivity contribution >= 4 is 0 Å².